The lowest BCUT2D eigenvalue weighted by atomic mass is 10.1. The van der Waals surface area contributed by atoms with Gasteiger partial charge in [0.25, 0.3) is 0 Å². The quantitative estimate of drug-likeness (QED) is 0.255. The molecule has 16 heavy (non-hydrogen) atoms. The zero-order valence-electron chi connectivity index (χ0n) is 10.8. The number of unbranched alkanes of at least 4 members (excludes halogenated alkanes) is 10. The van der Waals surface area contributed by atoms with Crippen LogP contribution in [0.4, 0.5) is 0 Å². The molecule has 0 aliphatic heterocycles. The Balaban J connectivity index is 2.90. The fraction of sp³-hybridized carbons (Fsp3) is 0.929. The maximum Gasteiger partial charge on any atom is 0.221 e. The van der Waals surface area contributed by atoms with E-state index in [4.69, 9.17) is 11.6 Å². The molecule has 0 amide bonds. The summed E-state index contributed by atoms with van der Waals surface area (Å²) < 4.78 is 0. The second kappa shape index (κ2) is 13.0. The highest BCUT2D eigenvalue weighted by Gasteiger charge is 1.96. The van der Waals surface area contributed by atoms with Crippen molar-refractivity contribution < 1.29 is 4.79 Å². The van der Waals surface area contributed by atoms with E-state index in [2.05, 4.69) is 6.92 Å². The second-order valence-electron chi connectivity index (χ2n) is 4.64. The Hall–Kier alpha value is -0.0400. The van der Waals surface area contributed by atoms with E-state index in [-0.39, 0.29) is 5.24 Å². The van der Waals surface area contributed by atoms with Crippen LogP contribution in [0.15, 0.2) is 0 Å². The van der Waals surface area contributed by atoms with Crippen LogP contribution in [0.3, 0.4) is 0 Å². The van der Waals surface area contributed by atoms with E-state index in [1.807, 2.05) is 0 Å². The molecule has 0 spiro atoms. The van der Waals surface area contributed by atoms with E-state index < -0.39 is 0 Å². The lowest BCUT2D eigenvalue weighted by Crippen LogP contribution is -1.86. The van der Waals surface area contributed by atoms with Gasteiger partial charge in [-0.25, -0.2) is 0 Å². The molecule has 0 aliphatic carbocycles. The van der Waals surface area contributed by atoms with Crippen LogP contribution < -0.4 is 0 Å². The van der Waals surface area contributed by atoms with E-state index in [0.29, 0.717) is 6.42 Å². The molecule has 0 rings (SSSR count). The molecule has 96 valence electrons. The van der Waals surface area contributed by atoms with Gasteiger partial charge in [-0.3, -0.25) is 4.79 Å². The molecule has 0 aromatic heterocycles. The van der Waals surface area contributed by atoms with Crippen LogP contribution in [-0.2, 0) is 4.79 Å². The van der Waals surface area contributed by atoms with Crippen LogP contribution >= 0.6 is 11.6 Å². The van der Waals surface area contributed by atoms with Crippen LogP contribution in [0, 0.1) is 0 Å². The van der Waals surface area contributed by atoms with E-state index in [1.165, 1.54) is 57.8 Å². The second-order valence-corrected chi connectivity index (χ2v) is 5.06. The van der Waals surface area contributed by atoms with Crippen molar-refractivity contribution in [3.63, 3.8) is 0 Å². The monoisotopic (exact) mass is 247 g/mol. The van der Waals surface area contributed by atoms with Gasteiger partial charge in [-0.2, -0.15) is 0 Å². The summed E-state index contributed by atoms with van der Waals surface area (Å²) >= 11 is 5.26. The third-order valence-corrected chi connectivity index (χ3v) is 3.17. The molecule has 0 atom stereocenters. The SMILES string of the molecule is CCCCCCCCCCCCC[13C](=O)Cl. The normalized spacial score (nSPS) is 10.6. The van der Waals surface area contributed by atoms with Crippen molar-refractivity contribution in [2.24, 2.45) is 0 Å². The van der Waals surface area contributed by atoms with Gasteiger partial charge in [0, 0.05) is 6.42 Å². The molecule has 0 unspecified atom stereocenters. The van der Waals surface area contributed by atoms with E-state index in [9.17, 15) is 4.79 Å². The summed E-state index contributed by atoms with van der Waals surface area (Å²) in [5, 5.41) is -0.184. The molecule has 2 heteroatoms. The van der Waals surface area contributed by atoms with Gasteiger partial charge in [0.15, 0.2) is 0 Å². The fourth-order valence-electron chi connectivity index (χ4n) is 1.93. The number of rotatable bonds is 12. The third kappa shape index (κ3) is 14.0. The molecule has 0 bridgehead atoms. The average molecular weight is 248 g/mol. The van der Waals surface area contributed by atoms with Crippen molar-refractivity contribution in [1.29, 1.82) is 0 Å². The first-order chi connectivity index (χ1) is 7.77. The highest BCUT2D eigenvalue weighted by Crippen LogP contribution is 2.12. The van der Waals surface area contributed by atoms with Crippen molar-refractivity contribution in [2.45, 2.75) is 84.0 Å². The third-order valence-electron chi connectivity index (χ3n) is 2.98. The Morgan fingerprint density at radius 2 is 1.12 bits per heavy atom. The largest absolute Gasteiger partial charge is 0.281 e. The Labute approximate surface area is 106 Å². The Kier molecular flexibility index (Phi) is 13.0. The molecule has 0 saturated heterocycles. The predicted octanol–water partition coefficient (Wildman–Crippen LogP) is 5.45. The molecule has 0 saturated carbocycles. The summed E-state index contributed by atoms with van der Waals surface area (Å²) in [7, 11) is 0. The van der Waals surface area contributed by atoms with Crippen LogP contribution in [0.1, 0.15) is 84.0 Å². The Morgan fingerprint density at radius 1 is 0.750 bits per heavy atom. The summed E-state index contributed by atoms with van der Waals surface area (Å²) in [5.74, 6) is 0. The van der Waals surface area contributed by atoms with Crippen molar-refractivity contribution in [3.05, 3.63) is 0 Å². The van der Waals surface area contributed by atoms with E-state index in [1.54, 1.807) is 0 Å². The highest BCUT2D eigenvalue weighted by atomic mass is 35.5. The first-order valence-electron chi connectivity index (χ1n) is 6.95. The smallest absolute Gasteiger partial charge is 0.221 e. The molecule has 0 N–H and O–H groups in total. The van der Waals surface area contributed by atoms with Crippen molar-refractivity contribution >= 4 is 16.8 Å². The van der Waals surface area contributed by atoms with Crippen molar-refractivity contribution in [1.82, 2.24) is 0 Å². The standard InChI is InChI=1S/C14H27ClO/c1-2-3-4-5-6-7-8-9-10-11-12-13-14(15)16/h2-13H2,1H3/i14+1. The summed E-state index contributed by atoms with van der Waals surface area (Å²) in [6.07, 6.45) is 15.0. The van der Waals surface area contributed by atoms with Crippen LogP contribution in [-0.4, -0.2) is 5.24 Å². The minimum atomic E-state index is -0.184. The lowest BCUT2D eigenvalue weighted by Gasteiger charge is -2.01. The molecule has 0 aliphatic rings. The van der Waals surface area contributed by atoms with Gasteiger partial charge in [-0.05, 0) is 18.0 Å². The number of hydrogen-bond donors (Lipinski definition) is 0. The fourth-order valence-corrected chi connectivity index (χ4v) is 2.06. The number of halogens is 1. The van der Waals surface area contributed by atoms with Gasteiger partial charge >= 0.3 is 0 Å². The maximum absolute atomic E-state index is 10.5. The van der Waals surface area contributed by atoms with Gasteiger partial charge in [0.1, 0.15) is 0 Å². The van der Waals surface area contributed by atoms with E-state index >= 15 is 0 Å². The average Bonchev–Trinajstić information content (AvgIpc) is 2.25. The Morgan fingerprint density at radius 3 is 1.50 bits per heavy atom. The van der Waals surface area contributed by atoms with Crippen LogP contribution in [0.2, 0.25) is 0 Å². The Bertz CT molecular complexity index is 157. The van der Waals surface area contributed by atoms with Crippen molar-refractivity contribution in [3.8, 4) is 0 Å². The molecule has 0 radical (unpaired) electrons. The molecule has 0 fully saturated rings. The van der Waals surface area contributed by atoms with E-state index in [0.717, 1.165) is 12.8 Å². The van der Waals surface area contributed by atoms with Gasteiger partial charge in [-0.15, -0.1) is 0 Å². The zero-order valence-corrected chi connectivity index (χ0v) is 11.5. The number of carbonyl (C=O) groups is 1. The molecule has 0 heterocycles. The summed E-state index contributed by atoms with van der Waals surface area (Å²) in [6.45, 7) is 2.26. The van der Waals surface area contributed by atoms with Gasteiger partial charge in [0.05, 0.1) is 0 Å². The first kappa shape index (κ1) is 16.0. The van der Waals surface area contributed by atoms with Crippen LogP contribution in [0.5, 0.6) is 0 Å². The molecular weight excluding hydrogens is 221 g/mol. The molecule has 1 nitrogen and oxygen atoms in total. The number of hydrogen-bond acceptors (Lipinski definition) is 1. The van der Waals surface area contributed by atoms with Gasteiger partial charge in [0.2, 0.25) is 5.24 Å². The van der Waals surface area contributed by atoms with Crippen molar-refractivity contribution in [2.75, 3.05) is 0 Å². The lowest BCUT2D eigenvalue weighted by molar-refractivity contribution is -0.111. The minimum absolute atomic E-state index is 0.184. The minimum Gasteiger partial charge on any atom is -0.281 e. The first-order valence-corrected chi connectivity index (χ1v) is 7.33. The molecular formula is C14H27ClO. The summed E-state index contributed by atoms with van der Waals surface area (Å²) in [6, 6.07) is 0. The summed E-state index contributed by atoms with van der Waals surface area (Å²) in [4.78, 5) is 10.5. The number of carbonyl (C=O) groups excluding carboxylic acids is 1. The predicted molar refractivity (Wildman–Crippen MR) is 71.9 cm³/mol. The molecule has 0 aromatic rings. The van der Waals surface area contributed by atoms with Crippen LogP contribution in [0.25, 0.3) is 0 Å². The molecule has 0 aromatic carbocycles. The zero-order chi connectivity index (χ0) is 12.1. The maximum atomic E-state index is 10.5. The highest BCUT2D eigenvalue weighted by molar-refractivity contribution is 6.63. The van der Waals surface area contributed by atoms with Gasteiger partial charge in [-0.1, -0.05) is 71.1 Å². The van der Waals surface area contributed by atoms with Gasteiger partial charge < -0.3 is 0 Å². The summed E-state index contributed by atoms with van der Waals surface area (Å²) in [5.41, 5.74) is 0. The topological polar surface area (TPSA) is 17.1 Å².